The summed E-state index contributed by atoms with van der Waals surface area (Å²) in [7, 11) is -3.62. The van der Waals surface area contributed by atoms with Crippen molar-refractivity contribution in [2.75, 3.05) is 18.4 Å². The molecule has 8 heteroatoms. The van der Waals surface area contributed by atoms with Gasteiger partial charge in [-0.15, -0.1) is 0 Å². The summed E-state index contributed by atoms with van der Waals surface area (Å²) in [5.41, 5.74) is 1.55. The van der Waals surface area contributed by atoms with Crippen molar-refractivity contribution in [3.63, 3.8) is 0 Å². The SMILES string of the molecule is CCN(CC)S(=O)(=O)c1c(C)nn(CC(=O)Nc2ccccc2)c1C. The predicted molar refractivity (Wildman–Crippen MR) is 96.9 cm³/mol. The van der Waals surface area contributed by atoms with Crippen LogP contribution in [0.3, 0.4) is 0 Å². The molecule has 0 saturated carbocycles. The average molecular weight is 364 g/mol. The molecule has 2 aromatic rings. The Balaban J connectivity index is 2.26. The zero-order valence-electron chi connectivity index (χ0n) is 15.0. The number of benzene rings is 1. The van der Waals surface area contributed by atoms with Crippen molar-refractivity contribution >= 4 is 21.6 Å². The quantitative estimate of drug-likeness (QED) is 0.816. The van der Waals surface area contributed by atoms with Gasteiger partial charge in [-0.3, -0.25) is 9.48 Å². The number of carbonyl (C=O) groups is 1. The third kappa shape index (κ3) is 4.08. The summed E-state index contributed by atoms with van der Waals surface area (Å²) in [4.78, 5) is 12.4. The second kappa shape index (κ2) is 7.79. The third-order valence-electron chi connectivity index (χ3n) is 3.97. The van der Waals surface area contributed by atoms with Crippen LogP contribution in [-0.4, -0.2) is 41.5 Å². The van der Waals surface area contributed by atoms with Crippen molar-refractivity contribution in [2.24, 2.45) is 0 Å². The van der Waals surface area contributed by atoms with Crippen LogP contribution in [-0.2, 0) is 21.4 Å². The number of nitrogens with one attached hydrogen (secondary N) is 1. The lowest BCUT2D eigenvalue weighted by molar-refractivity contribution is -0.116. The molecule has 1 amide bonds. The van der Waals surface area contributed by atoms with Gasteiger partial charge in [-0.25, -0.2) is 8.42 Å². The topological polar surface area (TPSA) is 84.3 Å². The number of hydrogen-bond acceptors (Lipinski definition) is 4. The largest absolute Gasteiger partial charge is 0.324 e. The molecule has 1 heterocycles. The fourth-order valence-corrected chi connectivity index (χ4v) is 4.59. The van der Waals surface area contributed by atoms with E-state index in [1.807, 2.05) is 18.2 Å². The lowest BCUT2D eigenvalue weighted by atomic mass is 10.3. The van der Waals surface area contributed by atoms with E-state index in [2.05, 4.69) is 10.4 Å². The number of nitrogens with zero attached hydrogens (tertiary/aromatic N) is 3. The number of sulfonamides is 1. The first-order valence-electron chi connectivity index (χ1n) is 8.20. The molecular weight excluding hydrogens is 340 g/mol. The highest BCUT2D eigenvalue weighted by Crippen LogP contribution is 2.23. The number of para-hydroxylation sites is 1. The van der Waals surface area contributed by atoms with Gasteiger partial charge in [-0.1, -0.05) is 32.0 Å². The van der Waals surface area contributed by atoms with Gasteiger partial charge in [0.1, 0.15) is 11.4 Å². The molecule has 2 rings (SSSR count). The molecule has 0 saturated heterocycles. The Morgan fingerprint density at radius 3 is 2.32 bits per heavy atom. The molecule has 0 spiro atoms. The van der Waals surface area contributed by atoms with E-state index in [-0.39, 0.29) is 17.3 Å². The van der Waals surface area contributed by atoms with E-state index in [9.17, 15) is 13.2 Å². The zero-order chi connectivity index (χ0) is 18.6. The van der Waals surface area contributed by atoms with E-state index in [0.29, 0.717) is 30.2 Å². The fourth-order valence-electron chi connectivity index (χ4n) is 2.76. The summed E-state index contributed by atoms with van der Waals surface area (Å²) in [6.45, 7) is 7.64. The second-order valence-corrected chi connectivity index (χ2v) is 7.54. The maximum atomic E-state index is 12.8. The van der Waals surface area contributed by atoms with Crippen LogP contribution < -0.4 is 5.32 Å². The Morgan fingerprint density at radius 1 is 1.16 bits per heavy atom. The monoisotopic (exact) mass is 364 g/mol. The van der Waals surface area contributed by atoms with Crippen LogP contribution >= 0.6 is 0 Å². The van der Waals surface area contributed by atoms with Gasteiger partial charge >= 0.3 is 0 Å². The van der Waals surface area contributed by atoms with Crippen LogP contribution in [0, 0.1) is 13.8 Å². The molecule has 1 aromatic carbocycles. The van der Waals surface area contributed by atoms with Gasteiger partial charge in [0.05, 0.1) is 11.4 Å². The molecule has 0 aliphatic carbocycles. The first kappa shape index (κ1) is 19.1. The van der Waals surface area contributed by atoms with Crippen molar-refractivity contribution in [2.45, 2.75) is 39.1 Å². The Labute approximate surface area is 148 Å². The number of amides is 1. The molecule has 25 heavy (non-hydrogen) atoms. The first-order valence-corrected chi connectivity index (χ1v) is 9.64. The van der Waals surface area contributed by atoms with Crippen LogP contribution in [0.25, 0.3) is 0 Å². The smallest absolute Gasteiger partial charge is 0.246 e. The number of hydrogen-bond donors (Lipinski definition) is 1. The van der Waals surface area contributed by atoms with Crippen molar-refractivity contribution in [1.82, 2.24) is 14.1 Å². The number of aromatic nitrogens is 2. The lowest BCUT2D eigenvalue weighted by Crippen LogP contribution is -2.31. The Kier molecular flexibility index (Phi) is 5.97. The van der Waals surface area contributed by atoms with E-state index in [4.69, 9.17) is 0 Å². The van der Waals surface area contributed by atoms with Gasteiger partial charge in [-0.05, 0) is 26.0 Å². The minimum Gasteiger partial charge on any atom is -0.324 e. The van der Waals surface area contributed by atoms with E-state index in [0.717, 1.165) is 0 Å². The summed E-state index contributed by atoms with van der Waals surface area (Å²) in [6, 6.07) is 9.09. The van der Waals surface area contributed by atoms with Crippen LogP contribution in [0.1, 0.15) is 25.2 Å². The van der Waals surface area contributed by atoms with Gasteiger partial charge < -0.3 is 5.32 Å². The third-order valence-corrected chi connectivity index (χ3v) is 6.27. The molecule has 0 aliphatic rings. The number of aryl methyl sites for hydroxylation is 1. The highest BCUT2D eigenvalue weighted by Gasteiger charge is 2.29. The highest BCUT2D eigenvalue weighted by atomic mass is 32.2. The molecular formula is C17H24N4O3S. The summed E-state index contributed by atoms with van der Waals surface area (Å²) >= 11 is 0. The normalized spacial score (nSPS) is 11.7. The van der Waals surface area contributed by atoms with Gasteiger partial charge in [0, 0.05) is 18.8 Å². The van der Waals surface area contributed by atoms with Gasteiger partial charge in [0.2, 0.25) is 15.9 Å². The summed E-state index contributed by atoms with van der Waals surface area (Å²) in [6.07, 6.45) is 0. The average Bonchev–Trinajstić information content (AvgIpc) is 2.83. The van der Waals surface area contributed by atoms with E-state index < -0.39 is 10.0 Å². The fraction of sp³-hybridized carbons (Fsp3) is 0.412. The number of rotatable bonds is 7. The van der Waals surface area contributed by atoms with Gasteiger partial charge in [0.15, 0.2) is 0 Å². The number of carbonyl (C=O) groups excluding carboxylic acids is 1. The Morgan fingerprint density at radius 2 is 1.76 bits per heavy atom. The minimum absolute atomic E-state index is 0.0463. The molecule has 0 radical (unpaired) electrons. The van der Waals surface area contributed by atoms with Gasteiger partial charge in [-0.2, -0.15) is 9.40 Å². The lowest BCUT2D eigenvalue weighted by Gasteiger charge is -2.18. The van der Waals surface area contributed by atoms with Crippen molar-refractivity contribution in [3.8, 4) is 0 Å². The molecule has 7 nitrogen and oxygen atoms in total. The van der Waals surface area contributed by atoms with E-state index in [1.54, 1.807) is 39.8 Å². The molecule has 1 aromatic heterocycles. The highest BCUT2D eigenvalue weighted by molar-refractivity contribution is 7.89. The van der Waals surface area contributed by atoms with Crippen LogP contribution in [0.5, 0.6) is 0 Å². The molecule has 0 fully saturated rings. The molecule has 0 unspecified atom stereocenters. The molecule has 136 valence electrons. The molecule has 0 aliphatic heterocycles. The maximum absolute atomic E-state index is 12.8. The Hall–Kier alpha value is -2.19. The summed E-state index contributed by atoms with van der Waals surface area (Å²) in [5.74, 6) is -0.261. The summed E-state index contributed by atoms with van der Waals surface area (Å²) < 4.78 is 28.4. The molecule has 0 atom stereocenters. The van der Waals surface area contributed by atoms with E-state index in [1.165, 1.54) is 8.99 Å². The standard InChI is InChI=1S/C17H24N4O3S/c1-5-20(6-2)25(23,24)17-13(3)19-21(14(17)4)12-16(22)18-15-10-8-7-9-11-15/h7-11H,5-6,12H2,1-4H3,(H,18,22). The zero-order valence-corrected chi connectivity index (χ0v) is 15.8. The van der Waals surface area contributed by atoms with E-state index >= 15 is 0 Å². The van der Waals surface area contributed by atoms with Gasteiger partial charge in [0.25, 0.3) is 0 Å². The van der Waals surface area contributed by atoms with Crippen molar-refractivity contribution < 1.29 is 13.2 Å². The summed E-state index contributed by atoms with van der Waals surface area (Å²) in [5, 5.41) is 7.03. The second-order valence-electron chi connectivity index (χ2n) is 5.66. The van der Waals surface area contributed by atoms with Crippen LogP contribution in [0.4, 0.5) is 5.69 Å². The molecule has 0 bridgehead atoms. The van der Waals surface area contributed by atoms with Crippen LogP contribution in [0.2, 0.25) is 0 Å². The van der Waals surface area contributed by atoms with Crippen LogP contribution in [0.15, 0.2) is 35.2 Å². The predicted octanol–water partition coefficient (Wildman–Crippen LogP) is 2.17. The van der Waals surface area contributed by atoms with Crippen molar-refractivity contribution in [1.29, 1.82) is 0 Å². The maximum Gasteiger partial charge on any atom is 0.246 e. The minimum atomic E-state index is -3.62. The number of anilines is 1. The van der Waals surface area contributed by atoms with Crippen molar-refractivity contribution in [3.05, 3.63) is 41.7 Å². The Bertz CT molecular complexity index is 840. The molecule has 1 N–H and O–H groups in total. The first-order chi connectivity index (χ1) is 11.8.